The molecule has 0 radical (unpaired) electrons. The highest BCUT2D eigenvalue weighted by Crippen LogP contribution is 2.29. The summed E-state index contributed by atoms with van der Waals surface area (Å²) in [7, 11) is 0. The summed E-state index contributed by atoms with van der Waals surface area (Å²) in [5.74, 6) is 1.76. The standard InChI is InChI=1S/C16H16N2O/c1-10-9-14(11(2)19-10)15(17)13-7-3-5-12-6-4-8-18-16(12)13/h3-9,15H,17H2,1-2H3. The molecule has 3 aromatic rings. The Bertz CT molecular complexity index is 725. The van der Waals surface area contributed by atoms with Crippen molar-refractivity contribution >= 4 is 10.9 Å². The Morgan fingerprint density at radius 2 is 1.89 bits per heavy atom. The van der Waals surface area contributed by atoms with Crippen LogP contribution in [0.1, 0.15) is 28.7 Å². The largest absolute Gasteiger partial charge is 0.466 e. The normalized spacial score (nSPS) is 12.8. The second-order valence-electron chi connectivity index (χ2n) is 4.77. The quantitative estimate of drug-likeness (QED) is 0.759. The molecule has 0 amide bonds. The molecule has 0 saturated heterocycles. The van der Waals surface area contributed by atoms with Crippen molar-refractivity contribution in [3.8, 4) is 0 Å². The van der Waals surface area contributed by atoms with Crippen LogP contribution < -0.4 is 5.73 Å². The minimum Gasteiger partial charge on any atom is -0.466 e. The Morgan fingerprint density at radius 1 is 1.11 bits per heavy atom. The summed E-state index contributed by atoms with van der Waals surface area (Å²) in [6, 6.07) is 11.9. The molecule has 1 aromatic carbocycles. The number of pyridine rings is 1. The highest BCUT2D eigenvalue weighted by Gasteiger charge is 2.17. The number of hydrogen-bond donors (Lipinski definition) is 1. The van der Waals surface area contributed by atoms with E-state index in [1.807, 2.05) is 50.2 Å². The minimum atomic E-state index is -0.212. The molecule has 0 aliphatic heterocycles. The van der Waals surface area contributed by atoms with E-state index in [1.54, 1.807) is 6.20 Å². The molecule has 0 fully saturated rings. The van der Waals surface area contributed by atoms with E-state index in [0.29, 0.717) is 0 Å². The molecule has 3 heteroatoms. The molecule has 3 nitrogen and oxygen atoms in total. The van der Waals surface area contributed by atoms with Gasteiger partial charge in [0, 0.05) is 17.1 Å². The fraction of sp³-hybridized carbons (Fsp3) is 0.188. The van der Waals surface area contributed by atoms with E-state index in [0.717, 1.165) is 33.6 Å². The number of furan rings is 1. The average molecular weight is 252 g/mol. The number of benzene rings is 1. The van der Waals surface area contributed by atoms with Crippen molar-refractivity contribution in [3.05, 3.63) is 65.2 Å². The highest BCUT2D eigenvalue weighted by atomic mass is 16.3. The van der Waals surface area contributed by atoms with Gasteiger partial charge in [0.1, 0.15) is 11.5 Å². The summed E-state index contributed by atoms with van der Waals surface area (Å²) in [5, 5.41) is 1.10. The van der Waals surface area contributed by atoms with Crippen molar-refractivity contribution in [1.29, 1.82) is 0 Å². The van der Waals surface area contributed by atoms with Crippen molar-refractivity contribution in [2.24, 2.45) is 5.73 Å². The highest BCUT2D eigenvalue weighted by molar-refractivity contribution is 5.82. The lowest BCUT2D eigenvalue weighted by Gasteiger charge is -2.13. The first-order valence-electron chi connectivity index (χ1n) is 6.33. The summed E-state index contributed by atoms with van der Waals surface area (Å²) in [6.07, 6.45) is 1.80. The fourth-order valence-electron chi connectivity index (χ4n) is 2.51. The zero-order valence-corrected chi connectivity index (χ0v) is 11.1. The second kappa shape index (κ2) is 4.52. The molecule has 96 valence electrons. The van der Waals surface area contributed by atoms with Crippen LogP contribution in [0.4, 0.5) is 0 Å². The Kier molecular flexibility index (Phi) is 2.84. The van der Waals surface area contributed by atoms with Crippen LogP contribution >= 0.6 is 0 Å². The van der Waals surface area contributed by atoms with Gasteiger partial charge in [-0.05, 0) is 31.5 Å². The Morgan fingerprint density at radius 3 is 2.63 bits per heavy atom. The third kappa shape index (κ3) is 2.02. The molecule has 0 saturated carbocycles. The van der Waals surface area contributed by atoms with Crippen LogP contribution in [-0.4, -0.2) is 4.98 Å². The lowest BCUT2D eigenvalue weighted by Crippen LogP contribution is -2.13. The molecule has 0 spiro atoms. The predicted molar refractivity (Wildman–Crippen MR) is 76.0 cm³/mol. The molecule has 3 rings (SSSR count). The third-order valence-electron chi connectivity index (χ3n) is 3.41. The molecule has 2 aromatic heterocycles. The van der Waals surface area contributed by atoms with E-state index in [9.17, 15) is 0 Å². The molecule has 2 heterocycles. The van der Waals surface area contributed by atoms with Crippen LogP contribution in [0, 0.1) is 13.8 Å². The Balaban J connectivity index is 2.16. The summed E-state index contributed by atoms with van der Waals surface area (Å²) in [4.78, 5) is 4.45. The molecule has 0 aliphatic rings. The van der Waals surface area contributed by atoms with Crippen LogP contribution in [0.25, 0.3) is 10.9 Å². The molecular weight excluding hydrogens is 236 g/mol. The number of fused-ring (bicyclic) bond motifs is 1. The lowest BCUT2D eigenvalue weighted by atomic mass is 9.97. The van der Waals surface area contributed by atoms with Gasteiger partial charge in [-0.1, -0.05) is 24.3 Å². The van der Waals surface area contributed by atoms with Crippen molar-refractivity contribution in [2.45, 2.75) is 19.9 Å². The van der Waals surface area contributed by atoms with Crippen LogP contribution in [0.3, 0.4) is 0 Å². The third-order valence-corrected chi connectivity index (χ3v) is 3.41. The summed E-state index contributed by atoms with van der Waals surface area (Å²) in [5.41, 5.74) is 9.40. The topological polar surface area (TPSA) is 52.0 Å². The van der Waals surface area contributed by atoms with Gasteiger partial charge in [-0.25, -0.2) is 0 Å². The van der Waals surface area contributed by atoms with E-state index in [-0.39, 0.29) is 6.04 Å². The lowest BCUT2D eigenvalue weighted by molar-refractivity contribution is 0.500. The molecule has 2 N–H and O–H groups in total. The number of rotatable bonds is 2. The van der Waals surface area contributed by atoms with Crippen LogP contribution in [-0.2, 0) is 0 Å². The Hall–Kier alpha value is -2.13. The van der Waals surface area contributed by atoms with E-state index < -0.39 is 0 Å². The minimum absolute atomic E-state index is 0.212. The van der Waals surface area contributed by atoms with Gasteiger partial charge >= 0.3 is 0 Å². The van der Waals surface area contributed by atoms with Gasteiger partial charge in [-0.15, -0.1) is 0 Å². The zero-order valence-electron chi connectivity index (χ0n) is 11.1. The first-order chi connectivity index (χ1) is 9.16. The zero-order chi connectivity index (χ0) is 13.4. The number of nitrogens with two attached hydrogens (primary N) is 1. The monoisotopic (exact) mass is 252 g/mol. The summed E-state index contributed by atoms with van der Waals surface area (Å²) >= 11 is 0. The average Bonchev–Trinajstić information content (AvgIpc) is 2.76. The molecule has 0 bridgehead atoms. The van der Waals surface area contributed by atoms with Gasteiger partial charge in [-0.3, -0.25) is 4.98 Å². The second-order valence-corrected chi connectivity index (χ2v) is 4.77. The van der Waals surface area contributed by atoms with Crippen molar-refractivity contribution in [2.75, 3.05) is 0 Å². The fourth-order valence-corrected chi connectivity index (χ4v) is 2.51. The van der Waals surface area contributed by atoms with Crippen LogP contribution in [0.2, 0.25) is 0 Å². The maximum Gasteiger partial charge on any atom is 0.106 e. The Labute approximate surface area is 112 Å². The number of nitrogens with zero attached hydrogens (tertiary/aromatic N) is 1. The van der Waals surface area contributed by atoms with Crippen molar-refractivity contribution in [1.82, 2.24) is 4.98 Å². The van der Waals surface area contributed by atoms with Gasteiger partial charge in [0.05, 0.1) is 11.6 Å². The number of aromatic nitrogens is 1. The van der Waals surface area contributed by atoms with E-state index in [2.05, 4.69) is 4.98 Å². The number of aryl methyl sites for hydroxylation is 2. The summed E-state index contributed by atoms with van der Waals surface area (Å²) in [6.45, 7) is 3.88. The molecule has 0 aliphatic carbocycles. The van der Waals surface area contributed by atoms with E-state index in [1.165, 1.54) is 0 Å². The van der Waals surface area contributed by atoms with Gasteiger partial charge < -0.3 is 10.2 Å². The van der Waals surface area contributed by atoms with E-state index in [4.69, 9.17) is 10.2 Å². The SMILES string of the molecule is Cc1cc(C(N)c2cccc3cccnc23)c(C)o1. The van der Waals surface area contributed by atoms with Gasteiger partial charge in [0.15, 0.2) is 0 Å². The van der Waals surface area contributed by atoms with Gasteiger partial charge in [-0.2, -0.15) is 0 Å². The number of hydrogen-bond acceptors (Lipinski definition) is 3. The number of para-hydroxylation sites is 1. The first kappa shape index (κ1) is 11.9. The smallest absolute Gasteiger partial charge is 0.106 e. The first-order valence-corrected chi connectivity index (χ1v) is 6.33. The maximum atomic E-state index is 6.40. The molecule has 1 atom stereocenters. The van der Waals surface area contributed by atoms with Crippen LogP contribution in [0.5, 0.6) is 0 Å². The predicted octanol–water partition coefficient (Wildman–Crippen LogP) is 3.49. The maximum absolute atomic E-state index is 6.40. The van der Waals surface area contributed by atoms with Gasteiger partial charge in [0.25, 0.3) is 0 Å². The van der Waals surface area contributed by atoms with Crippen LogP contribution in [0.15, 0.2) is 47.0 Å². The molecule has 19 heavy (non-hydrogen) atoms. The van der Waals surface area contributed by atoms with Crippen molar-refractivity contribution in [3.63, 3.8) is 0 Å². The van der Waals surface area contributed by atoms with Gasteiger partial charge in [0.2, 0.25) is 0 Å². The molecule has 1 unspecified atom stereocenters. The van der Waals surface area contributed by atoms with E-state index >= 15 is 0 Å². The molecular formula is C16H16N2O. The van der Waals surface area contributed by atoms with Crippen molar-refractivity contribution < 1.29 is 4.42 Å². The summed E-state index contributed by atoms with van der Waals surface area (Å²) < 4.78 is 5.57.